The Morgan fingerprint density at radius 3 is 1.59 bits per heavy atom. The first-order chi connectivity index (χ1) is 15.8. The number of benzene rings is 4. The second-order valence-electron chi connectivity index (χ2n) is 7.49. The zero-order chi connectivity index (χ0) is 21.6. The van der Waals surface area contributed by atoms with Crippen LogP contribution in [0.15, 0.2) is 122 Å². The quantitative estimate of drug-likeness (QED) is 0.330. The second-order valence-corrected chi connectivity index (χ2v) is 7.49. The van der Waals surface area contributed by atoms with Gasteiger partial charge < -0.3 is 5.32 Å². The molecule has 0 unspecified atom stereocenters. The summed E-state index contributed by atoms with van der Waals surface area (Å²) >= 11 is 0. The van der Waals surface area contributed by atoms with Crippen molar-refractivity contribution in [1.82, 2.24) is 9.97 Å². The molecule has 0 atom stereocenters. The molecule has 4 heteroatoms. The third kappa shape index (κ3) is 4.56. The van der Waals surface area contributed by atoms with E-state index in [1.807, 2.05) is 17.4 Å². The molecule has 0 fully saturated rings. The van der Waals surface area contributed by atoms with Crippen LogP contribution in [0.5, 0.6) is 0 Å². The standard InChI is InChI=1S/C28H22N4/c1-3-7-21(8-4-1)23-11-15-25(16-12-23)31-27-28(30-20-19-29-27)32-26-17-13-24(14-18-26)22-9-5-2-6-10-22/h1-20H,(H,29,31)(H,30,32)/p+1. The summed E-state index contributed by atoms with van der Waals surface area (Å²) in [5.74, 6) is 1.53. The molecule has 32 heavy (non-hydrogen) atoms. The summed E-state index contributed by atoms with van der Waals surface area (Å²) in [6, 6.07) is 37.6. The molecule has 0 amide bonds. The lowest BCUT2D eigenvalue weighted by molar-refractivity contribution is -0.482. The van der Waals surface area contributed by atoms with Gasteiger partial charge in [-0.3, -0.25) is 5.32 Å². The number of quaternary nitrogens is 1. The van der Waals surface area contributed by atoms with Gasteiger partial charge >= 0.3 is 0 Å². The van der Waals surface area contributed by atoms with Crippen LogP contribution < -0.4 is 10.6 Å². The van der Waals surface area contributed by atoms with Gasteiger partial charge in [-0.1, -0.05) is 72.8 Å². The van der Waals surface area contributed by atoms with E-state index in [2.05, 4.69) is 112 Å². The van der Waals surface area contributed by atoms with Crippen molar-refractivity contribution in [2.75, 3.05) is 5.32 Å². The Morgan fingerprint density at radius 2 is 1.00 bits per heavy atom. The summed E-state index contributed by atoms with van der Waals surface area (Å²) in [6.45, 7) is 0. The molecule has 5 aromatic rings. The van der Waals surface area contributed by atoms with Crippen molar-refractivity contribution in [1.29, 1.82) is 0 Å². The first kappa shape index (κ1) is 19.7. The Hall–Kier alpha value is -4.28. The lowest BCUT2D eigenvalue weighted by atomic mass is 10.1. The summed E-state index contributed by atoms with van der Waals surface area (Å²) in [5, 5.41) is 5.45. The predicted molar refractivity (Wildman–Crippen MR) is 130 cm³/mol. The van der Waals surface area contributed by atoms with E-state index in [0.29, 0.717) is 0 Å². The molecule has 0 saturated carbocycles. The molecular weight excluding hydrogens is 392 g/mol. The van der Waals surface area contributed by atoms with Crippen molar-refractivity contribution in [3.8, 4) is 22.3 Å². The third-order valence-corrected chi connectivity index (χ3v) is 5.30. The molecule has 0 aliphatic rings. The summed E-state index contributed by atoms with van der Waals surface area (Å²) in [4.78, 5) is 9.05. The van der Waals surface area contributed by atoms with E-state index < -0.39 is 0 Å². The van der Waals surface area contributed by atoms with Gasteiger partial charge in [0.1, 0.15) is 5.69 Å². The maximum atomic E-state index is 4.54. The normalized spacial score (nSPS) is 10.6. The highest BCUT2D eigenvalue weighted by Gasteiger charge is 2.11. The van der Waals surface area contributed by atoms with Gasteiger partial charge in [-0.05, 0) is 46.5 Å². The fourth-order valence-electron chi connectivity index (χ4n) is 3.62. The van der Waals surface area contributed by atoms with E-state index >= 15 is 0 Å². The highest BCUT2D eigenvalue weighted by molar-refractivity contribution is 5.69. The van der Waals surface area contributed by atoms with Gasteiger partial charge in [0.15, 0.2) is 0 Å². The maximum absolute atomic E-state index is 4.54. The molecule has 4 nitrogen and oxygen atoms in total. The number of nitrogens with zero attached hydrogens (tertiary/aromatic N) is 2. The van der Waals surface area contributed by atoms with Crippen LogP contribution in [-0.4, -0.2) is 9.97 Å². The predicted octanol–water partition coefficient (Wildman–Crippen LogP) is 6.08. The molecule has 154 valence electrons. The number of rotatable bonds is 6. The highest BCUT2D eigenvalue weighted by atomic mass is 15.1. The number of nitrogens with two attached hydrogens (primary N) is 1. The monoisotopic (exact) mass is 415 g/mol. The average molecular weight is 416 g/mol. The number of hydrogen-bond donors (Lipinski definition) is 2. The average Bonchev–Trinajstić information content (AvgIpc) is 2.87. The molecule has 0 aliphatic heterocycles. The third-order valence-electron chi connectivity index (χ3n) is 5.30. The van der Waals surface area contributed by atoms with Gasteiger partial charge in [0.05, 0.1) is 6.20 Å². The van der Waals surface area contributed by atoms with Crippen molar-refractivity contribution in [2.24, 2.45) is 0 Å². The second kappa shape index (κ2) is 9.25. The van der Waals surface area contributed by atoms with Gasteiger partial charge in [-0.2, -0.15) is 4.98 Å². The fourth-order valence-corrected chi connectivity index (χ4v) is 3.62. The highest BCUT2D eigenvalue weighted by Crippen LogP contribution is 2.24. The number of nitrogens with one attached hydrogen (secondary N) is 1. The molecular formula is C28H23N4+. The molecule has 0 spiro atoms. The molecule has 4 aromatic carbocycles. The van der Waals surface area contributed by atoms with Crippen molar-refractivity contribution in [3.05, 3.63) is 122 Å². The van der Waals surface area contributed by atoms with E-state index in [9.17, 15) is 0 Å². The van der Waals surface area contributed by atoms with Crippen molar-refractivity contribution >= 4 is 23.0 Å². The Kier molecular flexibility index (Phi) is 5.68. The Labute approximate surface area is 187 Å². The van der Waals surface area contributed by atoms with Gasteiger partial charge in [-0.25, -0.2) is 4.98 Å². The molecule has 5 rings (SSSR count). The van der Waals surface area contributed by atoms with Crippen molar-refractivity contribution in [2.45, 2.75) is 0 Å². The molecule has 1 aromatic heterocycles. The van der Waals surface area contributed by atoms with Gasteiger partial charge in [-0.15, -0.1) is 0 Å². The van der Waals surface area contributed by atoms with Crippen LogP contribution in [0.25, 0.3) is 22.3 Å². The molecule has 0 radical (unpaired) electrons. The van der Waals surface area contributed by atoms with Gasteiger partial charge in [0, 0.05) is 24.0 Å². The minimum atomic E-state index is 0.729. The lowest BCUT2D eigenvalue weighted by Gasteiger charge is -2.09. The van der Waals surface area contributed by atoms with Crippen LogP contribution in [0.4, 0.5) is 23.0 Å². The SMILES string of the molecule is c1ccc(-c2ccc(Nc3nccnc3[NH2+]c3ccc(-c4ccccc4)cc3)cc2)cc1. The largest absolute Gasteiger partial charge is 0.334 e. The summed E-state index contributed by atoms with van der Waals surface area (Å²) in [5.41, 5.74) is 6.83. The van der Waals surface area contributed by atoms with Crippen LogP contribution in [0.1, 0.15) is 0 Å². The van der Waals surface area contributed by atoms with Crippen LogP contribution >= 0.6 is 0 Å². The summed E-state index contributed by atoms with van der Waals surface area (Å²) in [6.07, 6.45) is 3.42. The minimum absolute atomic E-state index is 0.729. The van der Waals surface area contributed by atoms with Crippen LogP contribution in [-0.2, 0) is 0 Å². The molecule has 1 heterocycles. The van der Waals surface area contributed by atoms with Crippen LogP contribution in [0.2, 0.25) is 0 Å². The van der Waals surface area contributed by atoms with Gasteiger partial charge in [0.25, 0.3) is 5.82 Å². The number of aromatic nitrogens is 2. The van der Waals surface area contributed by atoms with E-state index in [0.717, 1.165) is 23.0 Å². The van der Waals surface area contributed by atoms with Crippen LogP contribution in [0, 0.1) is 0 Å². The molecule has 0 aliphatic carbocycles. The smallest absolute Gasteiger partial charge is 0.273 e. The maximum Gasteiger partial charge on any atom is 0.273 e. The Balaban J connectivity index is 1.32. The summed E-state index contributed by atoms with van der Waals surface area (Å²) < 4.78 is 0. The summed E-state index contributed by atoms with van der Waals surface area (Å²) in [7, 11) is 0. The van der Waals surface area contributed by atoms with E-state index in [1.54, 1.807) is 12.4 Å². The van der Waals surface area contributed by atoms with E-state index in [4.69, 9.17) is 0 Å². The zero-order valence-corrected chi connectivity index (χ0v) is 17.5. The Morgan fingerprint density at radius 1 is 0.500 bits per heavy atom. The number of anilines is 2. The van der Waals surface area contributed by atoms with Crippen LogP contribution in [0.3, 0.4) is 0 Å². The van der Waals surface area contributed by atoms with Gasteiger partial charge in [0.2, 0.25) is 5.82 Å². The molecule has 0 bridgehead atoms. The van der Waals surface area contributed by atoms with E-state index in [1.165, 1.54) is 22.3 Å². The first-order valence-electron chi connectivity index (χ1n) is 10.6. The zero-order valence-electron chi connectivity index (χ0n) is 17.5. The topological polar surface area (TPSA) is 54.4 Å². The lowest BCUT2D eigenvalue weighted by Crippen LogP contribution is -2.71. The minimum Gasteiger partial charge on any atom is -0.334 e. The molecule has 3 N–H and O–H groups in total. The van der Waals surface area contributed by atoms with Crippen molar-refractivity contribution in [3.63, 3.8) is 0 Å². The Bertz CT molecular complexity index is 1180. The number of hydrogen-bond acceptors (Lipinski definition) is 3. The first-order valence-corrected chi connectivity index (χ1v) is 10.6. The van der Waals surface area contributed by atoms with E-state index in [-0.39, 0.29) is 0 Å². The van der Waals surface area contributed by atoms with Crippen molar-refractivity contribution < 1.29 is 5.32 Å². The fraction of sp³-hybridized carbons (Fsp3) is 0. The molecule has 0 saturated heterocycles.